The minimum Gasteiger partial charge on any atom is -0.456 e. The van der Waals surface area contributed by atoms with Crippen molar-refractivity contribution >= 4 is 43.5 Å². The van der Waals surface area contributed by atoms with Crippen LogP contribution in [-0.4, -0.2) is 0 Å². The quantitative estimate of drug-likeness (QED) is 0.157. The fourth-order valence-corrected chi connectivity index (χ4v) is 7.79. The van der Waals surface area contributed by atoms with E-state index in [2.05, 4.69) is 153 Å². The van der Waals surface area contributed by atoms with Crippen LogP contribution in [0.4, 0.5) is 0 Å². The van der Waals surface area contributed by atoms with Crippen molar-refractivity contribution in [2.75, 3.05) is 0 Å². The van der Waals surface area contributed by atoms with E-state index in [1.165, 1.54) is 65.9 Å². The summed E-state index contributed by atoms with van der Waals surface area (Å²) in [7, 11) is 0. The Morgan fingerprint density at radius 2 is 1.16 bits per heavy atom. The second kappa shape index (κ2) is 8.93. The predicted molar refractivity (Wildman–Crippen MR) is 180 cm³/mol. The standard InChI is InChI=1S/C42H30O/c1-42(2)35-17-7-5-13-30(35)40-32(15-9-18-36(40)42)39(33-16-10-20-38-41(33)31-14-6-8-19-37(31)43-38)28-24-23-27-22-21-26-11-3-4-12-29(26)34(27)25-28/h3-25,39H,1-2H3. The van der Waals surface area contributed by atoms with Crippen molar-refractivity contribution < 1.29 is 4.42 Å². The molecule has 1 unspecified atom stereocenters. The topological polar surface area (TPSA) is 13.1 Å². The normalized spacial score (nSPS) is 14.4. The summed E-state index contributed by atoms with van der Waals surface area (Å²) in [6.07, 6.45) is 0. The second-order valence-corrected chi connectivity index (χ2v) is 12.5. The lowest BCUT2D eigenvalue weighted by atomic mass is 9.77. The van der Waals surface area contributed by atoms with Crippen molar-refractivity contribution in [3.05, 3.63) is 167 Å². The monoisotopic (exact) mass is 550 g/mol. The van der Waals surface area contributed by atoms with Crippen molar-refractivity contribution in [3.63, 3.8) is 0 Å². The summed E-state index contributed by atoms with van der Waals surface area (Å²) in [6, 6.07) is 51.2. The Bertz CT molecular complexity index is 2390. The van der Waals surface area contributed by atoms with Gasteiger partial charge in [-0.25, -0.2) is 0 Å². The zero-order valence-electron chi connectivity index (χ0n) is 24.3. The van der Waals surface area contributed by atoms with Gasteiger partial charge in [-0.2, -0.15) is 0 Å². The van der Waals surface area contributed by atoms with Gasteiger partial charge >= 0.3 is 0 Å². The summed E-state index contributed by atoms with van der Waals surface area (Å²) in [5.41, 5.74) is 11.2. The summed E-state index contributed by atoms with van der Waals surface area (Å²) in [6.45, 7) is 4.73. The minimum absolute atomic E-state index is 0.00461. The highest BCUT2D eigenvalue weighted by atomic mass is 16.3. The second-order valence-electron chi connectivity index (χ2n) is 12.5. The van der Waals surface area contributed by atoms with Gasteiger partial charge in [0.2, 0.25) is 0 Å². The molecule has 0 saturated heterocycles. The summed E-state index contributed by atoms with van der Waals surface area (Å²) < 4.78 is 6.42. The highest BCUT2D eigenvalue weighted by Gasteiger charge is 2.38. The molecule has 1 aromatic heterocycles. The van der Waals surface area contributed by atoms with Gasteiger partial charge in [0.25, 0.3) is 0 Å². The molecular weight excluding hydrogens is 520 g/mol. The summed E-state index contributed by atoms with van der Waals surface area (Å²) in [4.78, 5) is 0. The molecule has 9 rings (SSSR count). The average molecular weight is 551 g/mol. The lowest BCUT2D eigenvalue weighted by Crippen LogP contribution is -2.15. The third kappa shape index (κ3) is 3.46. The van der Waals surface area contributed by atoms with E-state index in [1.807, 2.05) is 0 Å². The first-order valence-electron chi connectivity index (χ1n) is 15.1. The van der Waals surface area contributed by atoms with Gasteiger partial charge in [0.1, 0.15) is 11.2 Å². The maximum Gasteiger partial charge on any atom is 0.135 e. The largest absolute Gasteiger partial charge is 0.456 e. The first-order valence-corrected chi connectivity index (χ1v) is 15.1. The number of hydrogen-bond acceptors (Lipinski definition) is 1. The van der Waals surface area contributed by atoms with Gasteiger partial charge in [-0.1, -0.05) is 135 Å². The molecule has 1 atom stereocenters. The molecule has 0 radical (unpaired) electrons. The minimum atomic E-state index is -0.0690. The molecule has 1 aliphatic carbocycles. The van der Waals surface area contributed by atoms with Gasteiger partial charge in [0, 0.05) is 22.1 Å². The van der Waals surface area contributed by atoms with Crippen LogP contribution >= 0.6 is 0 Å². The molecule has 1 aliphatic rings. The SMILES string of the molecule is CC1(C)c2ccccc2-c2c(C(c3ccc4ccc5ccccc5c4c3)c3cccc4oc5ccccc5c34)cccc21. The first-order chi connectivity index (χ1) is 21.1. The van der Waals surface area contributed by atoms with Crippen molar-refractivity contribution in [1.82, 2.24) is 0 Å². The Kier molecular flexibility index (Phi) is 5.08. The van der Waals surface area contributed by atoms with Crippen LogP contribution < -0.4 is 0 Å². The predicted octanol–water partition coefficient (Wildman–Crippen LogP) is 11.4. The number of para-hydroxylation sites is 1. The molecule has 0 spiro atoms. The van der Waals surface area contributed by atoms with E-state index in [4.69, 9.17) is 4.42 Å². The van der Waals surface area contributed by atoms with Crippen LogP contribution in [0.2, 0.25) is 0 Å². The molecule has 1 heteroatoms. The molecule has 0 bridgehead atoms. The lowest BCUT2D eigenvalue weighted by Gasteiger charge is -2.25. The van der Waals surface area contributed by atoms with E-state index in [-0.39, 0.29) is 11.3 Å². The van der Waals surface area contributed by atoms with Crippen LogP contribution in [0.5, 0.6) is 0 Å². The highest BCUT2D eigenvalue weighted by Crippen LogP contribution is 2.53. The number of fused-ring (bicyclic) bond motifs is 9. The van der Waals surface area contributed by atoms with Crippen LogP contribution in [-0.2, 0) is 5.41 Å². The average Bonchev–Trinajstić information content (AvgIpc) is 3.54. The van der Waals surface area contributed by atoms with Crippen LogP contribution in [0, 0.1) is 0 Å². The number of rotatable bonds is 3. The molecule has 0 fully saturated rings. The first kappa shape index (κ1) is 24.5. The van der Waals surface area contributed by atoms with Gasteiger partial charge in [0.05, 0.1) is 0 Å². The summed E-state index contributed by atoms with van der Waals surface area (Å²) in [5.74, 6) is 0.00461. The van der Waals surface area contributed by atoms with Gasteiger partial charge in [-0.05, 0) is 78.7 Å². The Morgan fingerprint density at radius 1 is 0.512 bits per heavy atom. The van der Waals surface area contributed by atoms with E-state index in [0.717, 1.165) is 16.6 Å². The molecular formula is C42H30O. The van der Waals surface area contributed by atoms with E-state index in [9.17, 15) is 0 Å². The van der Waals surface area contributed by atoms with Gasteiger partial charge in [-0.15, -0.1) is 0 Å². The molecule has 1 nitrogen and oxygen atoms in total. The third-order valence-electron chi connectivity index (χ3n) is 9.80. The molecule has 43 heavy (non-hydrogen) atoms. The molecule has 8 aromatic rings. The van der Waals surface area contributed by atoms with Gasteiger partial charge in [0.15, 0.2) is 0 Å². The van der Waals surface area contributed by atoms with E-state index in [0.29, 0.717) is 0 Å². The molecule has 0 amide bonds. The van der Waals surface area contributed by atoms with Crippen molar-refractivity contribution in [1.29, 1.82) is 0 Å². The highest BCUT2D eigenvalue weighted by molar-refractivity contribution is 6.09. The molecule has 7 aromatic carbocycles. The van der Waals surface area contributed by atoms with Crippen LogP contribution in [0.25, 0.3) is 54.6 Å². The van der Waals surface area contributed by atoms with Crippen molar-refractivity contribution in [2.45, 2.75) is 25.2 Å². The maximum atomic E-state index is 6.42. The number of benzene rings is 7. The maximum absolute atomic E-state index is 6.42. The Morgan fingerprint density at radius 3 is 2.07 bits per heavy atom. The smallest absolute Gasteiger partial charge is 0.135 e. The van der Waals surface area contributed by atoms with E-state index < -0.39 is 0 Å². The fraction of sp³-hybridized carbons (Fsp3) is 0.0952. The van der Waals surface area contributed by atoms with Crippen LogP contribution in [0.15, 0.2) is 144 Å². The van der Waals surface area contributed by atoms with Crippen molar-refractivity contribution in [2.24, 2.45) is 0 Å². The van der Waals surface area contributed by atoms with E-state index >= 15 is 0 Å². The molecule has 0 saturated carbocycles. The van der Waals surface area contributed by atoms with Crippen LogP contribution in [0.1, 0.15) is 47.6 Å². The fourth-order valence-electron chi connectivity index (χ4n) is 7.79. The molecule has 0 aliphatic heterocycles. The van der Waals surface area contributed by atoms with Crippen LogP contribution in [0.3, 0.4) is 0 Å². The third-order valence-corrected chi connectivity index (χ3v) is 9.80. The molecule has 204 valence electrons. The van der Waals surface area contributed by atoms with Gasteiger partial charge in [-0.3, -0.25) is 0 Å². The zero-order valence-corrected chi connectivity index (χ0v) is 24.3. The Labute approximate surface area is 251 Å². The Balaban J connectivity index is 1.41. The van der Waals surface area contributed by atoms with Crippen molar-refractivity contribution in [3.8, 4) is 11.1 Å². The number of furan rings is 1. The Hall–Kier alpha value is -5.14. The van der Waals surface area contributed by atoms with E-state index in [1.54, 1.807) is 0 Å². The molecule has 0 N–H and O–H groups in total. The molecule has 1 heterocycles. The summed E-state index contributed by atoms with van der Waals surface area (Å²) in [5, 5.41) is 7.47. The van der Waals surface area contributed by atoms with Gasteiger partial charge < -0.3 is 4.42 Å². The summed E-state index contributed by atoms with van der Waals surface area (Å²) >= 11 is 0. The lowest BCUT2D eigenvalue weighted by molar-refractivity contribution is 0.659. The number of hydrogen-bond donors (Lipinski definition) is 0. The zero-order chi connectivity index (χ0) is 28.7.